The van der Waals surface area contributed by atoms with Gasteiger partial charge in [-0.3, -0.25) is 0 Å². The molecule has 1 radical (unpaired) electrons. The van der Waals surface area contributed by atoms with E-state index >= 15 is 0 Å². The number of rotatable bonds is 5. The lowest BCUT2D eigenvalue weighted by molar-refractivity contribution is 0.604. The molecule has 0 spiro atoms. The van der Waals surface area contributed by atoms with E-state index in [1.165, 1.54) is 21.1 Å². The van der Waals surface area contributed by atoms with Crippen LogP contribution < -0.4 is 10.4 Å². The van der Waals surface area contributed by atoms with Crippen molar-refractivity contribution in [2.75, 3.05) is 0 Å². The summed E-state index contributed by atoms with van der Waals surface area (Å²) < 4.78 is 6.69. The van der Waals surface area contributed by atoms with E-state index in [1.54, 1.807) is 0 Å². The van der Waals surface area contributed by atoms with E-state index in [1.807, 2.05) is 0 Å². The molecule has 23 heavy (non-hydrogen) atoms. The monoisotopic (exact) mass is 333 g/mol. The van der Waals surface area contributed by atoms with Crippen molar-refractivity contribution in [1.82, 2.24) is 0 Å². The van der Waals surface area contributed by atoms with Gasteiger partial charge in [0.05, 0.1) is 0 Å². The topological polar surface area (TPSA) is 9.23 Å². The maximum Gasteiger partial charge on any atom is 0.270 e. The lowest BCUT2D eigenvalue weighted by Gasteiger charge is -2.32. The van der Waals surface area contributed by atoms with Crippen molar-refractivity contribution in [3.05, 3.63) is 85.1 Å². The lowest BCUT2D eigenvalue weighted by atomic mass is 10.1. The summed E-state index contributed by atoms with van der Waals surface area (Å²) in [4.78, 5) is 0. The normalized spacial score (nSPS) is 13.9. The van der Waals surface area contributed by atoms with Gasteiger partial charge in [0.25, 0.3) is 8.32 Å². The Balaban J connectivity index is 2.32. The Morgan fingerprint density at radius 3 is 2.22 bits per heavy atom. The molecule has 0 saturated heterocycles. The largest absolute Gasteiger partial charge is 0.446 e. The molecule has 0 saturated carbocycles. The highest BCUT2D eigenvalue weighted by atomic mass is 28.4. The summed E-state index contributed by atoms with van der Waals surface area (Å²) in [6, 6.07) is 25.6. The van der Waals surface area contributed by atoms with E-state index < -0.39 is 17.4 Å². The summed E-state index contributed by atoms with van der Waals surface area (Å²) in [7, 11) is -3.31. The quantitative estimate of drug-likeness (QED) is 0.644. The van der Waals surface area contributed by atoms with E-state index in [2.05, 4.69) is 98.2 Å². The van der Waals surface area contributed by atoms with Gasteiger partial charge in [-0.25, -0.2) is 0 Å². The van der Waals surface area contributed by atoms with Crippen LogP contribution in [-0.4, -0.2) is 17.4 Å². The number of benzene rings is 3. The average Bonchev–Trinajstić information content (AvgIpc) is 2.60. The Morgan fingerprint density at radius 1 is 0.870 bits per heavy atom. The molecule has 3 heteroatoms. The third-order valence-corrected chi connectivity index (χ3v) is 9.97. The van der Waals surface area contributed by atoms with Gasteiger partial charge in [0.2, 0.25) is 0 Å². The lowest BCUT2D eigenvalue weighted by Crippen LogP contribution is -2.61. The fraction of sp³-hybridized carbons (Fsp3) is 0.100. The van der Waals surface area contributed by atoms with Crippen LogP contribution in [0, 0.1) is 0 Å². The molecular weight excluding hydrogens is 312 g/mol. The fourth-order valence-electron chi connectivity index (χ4n) is 3.10. The summed E-state index contributed by atoms with van der Waals surface area (Å²) in [5.74, 6) is 0. The van der Waals surface area contributed by atoms with Gasteiger partial charge in [-0.15, -0.1) is 6.58 Å². The van der Waals surface area contributed by atoms with Crippen LogP contribution >= 0.6 is 0 Å². The molecule has 3 rings (SSSR count). The highest BCUT2D eigenvalue weighted by Gasteiger charge is 2.38. The second-order valence-corrected chi connectivity index (χ2v) is 11.5. The van der Waals surface area contributed by atoms with Gasteiger partial charge in [-0.2, -0.15) is 0 Å². The molecule has 115 valence electrons. The first kappa shape index (κ1) is 15.9. The molecule has 0 bridgehead atoms. The van der Waals surface area contributed by atoms with E-state index in [9.17, 15) is 0 Å². The van der Waals surface area contributed by atoms with Crippen LogP contribution in [0.15, 0.2) is 85.1 Å². The van der Waals surface area contributed by atoms with Gasteiger partial charge >= 0.3 is 0 Å². The molecule has 0 heterocycles. The second kappa shape index (κ2) is 6.66. The molecule has 0 aromatic heterocycles. The Morgan fingerprint density at radius 2 is 1.52 bits per heavy atom. The zero-order valence-corrected chi connectivity index (χ0v) is 15.6. The molecular formula is C20H21OSi2. The van der Waals surface area contributed by atoms with Crippen molar-refractivity contribution in [2.24, 2.45) is 0 Å². The summed E-state index contributed by atoms with van der Waals surface area (Å²) in [5, 5.41) is 5.08. The fourth-order valence-corrected chi connectivity index (χ4v) is 9.34. The predicted octanol–water partition coefficient (Wildman–Crippen LogP) is 3.89. The van der Waals surface area contributed by atoms with Crippen molar-refractivity contribution in [1.29, 1.82) is 0 Å². The SMILES string of the molecule is C=C[Si](O[Si](C)C)(c1ccccc1)c1cccc2ccccc12. The molecule has 3 aromatic rings. The first-order valence-electron chi connectivity index (χ1n) is 7.84. The van der Waals surface area contributed by atoms with Crippen LogP contribution in [0.4, 0.5) is 0 Å². The van der Waals surface area contributed by atoms with E-state index in [0.29, 0.717) is 0 Å². The molecule has 1 atom stereocenters. The maximum atomic E-state index is 6.69. The molecule has 1 nitrogen and oxygen atoms in total. The number of hydrogen-bond donors (Lipinski definition) is 0. The van der Waals surface area contributed by atoms with Crippen LogP contribution in [0.25, 0.3) is 10.8 Å². The van der Waals surface area contributed by atoms with Crippen molar-refractivity contribution >= 4 is 38.5 Å². The van der Waals surface area contributed by atoms with Crippen molar-refractivity contribution in [2.45, 2.75) is 13.1 Å². The van der Waals surface area contributed by atoms with Crippen LogP contribution in [0.2, 0.25) is 13.1 Å². The molecule has 0 aliphatic heterocycles. The van der Waals surface area contributed by atoms with E-state index in [0.717, 1.165) is 0 Å². The molecule has 0 N–H and O–H groups in total. The van der Waals surface area contributed by atoms with Gasteiger partial charge < -0.3 is 4.12 Å². The van der Waals surface area contributed by atoms with Gasteiger partial charge in [0.15, 0.2) is 9.04 Å². The third kappa shape index (κ3) is 2.95. The Bertz CT molecular complexity index is 809. The number of hydrogen-bond acceptors (Lipinski definition) is 1. The maximum absolute atomic E-state index is 6.69. The van der Waals surface area contributed by atoms with Crippen molar-refractivity contribution < 1.29 is 4.12 Å². The summed E-state index contributed by atoms with van der Waals surface area (Å²) in [6.45, 7) is 8.60. The zero-order chi connectivity index (χ0) is 16.3. The summed E-state index contributed by atoms with van der Waals surface area (Å²) in [6.07, 6.45) is 0. The Labute approximate surface area is 141 Å². The molecule has 0 aliphatic rings. The average molecular weight is 334 g/mol. The minimum absolute atomic E-state index is 0.874. The minimum Gasteiger partial charge on any atom is -0.446 e. The van der Waals surface area contributed by atoms with Crippen molar-refractivity contribution in [3.8, 4) is 0 Å². The third-order valence-electron chi connectivity index (χ3n) is 4.04. The highest BCUT2D eigenvalue weighted by Crippen LogP contribution is 2.18. The minimum atomic E-state index is -2.44. The van der Waals surface area contributed by atoms with Crippen LogP contribution in [0.1, 0.15) is 0 Å². The zero-order valence-electron chi connectivity index (χ0n) is 13.6. The molecule has 0 aliphatic carbocycles. The first-order chi connectivity index (χ1) is 11.2. The highest BCUT2D eigenvalue weighted by molar-refractivity contribution is 7.05. The second-order valence-electron chi connectivity index (χ2n) is 5.84. The predicted molar refractivity (Wildman–Crippen MR) is 104 cm³/mol. The Hall–Kier alpha value is -1.95. The molecule has 0 fully saturated rings. The molecule has 3 aromatic carbocycles. The van der Waals surface area contributed by atoms with E-state index in [4.69, 9.17) is 4.12 Å². The summed E-state index contributed by atoms with van der Waals surface area (Å²) in [5.41, 5.74) is 2.09. The van der Waals surface area contributed by atoms with Gasteiger partial charge in [-0.1, -0.05) is 78.5 Å². The van der Waals surface area contributed by atoms with E-state index in [-0.39, 0.29) is 0 Å². The first-order valence-corrected chi connectivity index (χ1v) is 12.2. The summed E-state index contributed by atoms with van der Waals surface area (Å²) >= 11 is 0. The van der Waals surface area contributed by atoms with Gasteiger partial charge in [0, 0.05) is 0 Å². The smallest absolute Gasteiger partial charge is 0.270 e. The standard InChI is InChI=1S/C20H21OSi2/c1-4-23(21-22(2)3,18-13-6-5-7-14-18)20-16-10-12-17-11-8-9-15-19(17)20/h4-16H,1H2,2-3H3. The van der Waals surface area contributed by atoms with Crippen LogP contribution in [0.5, 0.6) is 0 Å². The molecule has 0 amide bonds. The van der Waals surface area contributed by atoms with Gasteiger partial charge in [-0.05, 0) is 34.2 Å². The molecule has 1 unspecified atom stereocenters. The Kier molecular flexibility index (Phi) is 4.62. The van der Waals surface area contributed by atoms with Gasteiger partial charge in [0.1, 0.15) is 0 Å². The van der Waals surface area contributed by atoms with Crippen LogP contribution in [-0.2, 0) is 4.12 Å². The van der Waals surface area contributed by atoms with Crippen LogP contribution in [0.3, 0.4) is 0 Å². The number of fused-ring (bicyclic) bond motifs is 1. The van der Waals surface area contributed by atoms with Crippen molar-refractivity contribution in [3.63, 3.8) is 0 Å².